The number of hydrogen-bond acceptors (Lipinski definition) is 5. The van der Waals surface area contributed by atoms with E-state index in [1.54, 1.807) is 6.07 Å². The number of fused-ring (bicyclic) bond motifs is 1. The number of hydrogen-bond donors (Lipinski definition) is 1. The molecular weight excluding hydrogens is 300 g/mol. The first-order valence-corrected chi connectivity index (χ1v) is 7.29. The molecule has 1 N–H and O–H groups in total. The van der Waals surface area contributed by atoms with Crippen LogP contribution in [0.2, 0.25) is 0 Å². The van der Waals surface area contributed by atoms with Gasteiger partial charge >= 0.3 is 0 Å². The van der Waals surface area contributed by atoms with E-state index in [4.69, 9.17) is 9.47 Å². The summed E-state index contributed by atoms with van der Waals surface area (Å²) in [4.78, 5) is 25.2. The molecule has 0 amide bonds. The van der Waals surface area contributed by atoms with Crippen LogP contribution in [0.25, 0.3) is 10.9 Å². The van der Waals surface area contributed by atoms with Gasteiger partial charge in [0.1, 0.15) is 6.61 Å². The first-order valence-electron chi connectivity index (χ1n) is 7.29. The Morgan fingerprint density at radius 3 is 2.78 bits per heavy atom. The first-order chi connectivity index (χ1) is 11.1. The predicted molar refractivity (Wildman–Crippen MR) is 87.3 cm³/mol. The van der Waals surface area contributed by atoms with E-state index in [2.05, 4.69) is 11.6 Å². The zero-order valence-electron chi connectivity index (χ0n) is 12.8. The summed E-state index contributed by atoms with van der Waals surface area (Å²) in [5.74, 6) is 0.358. The molecule has 23 heavy (non-hydrogen) atoms. The van der Waals surface area contributed by atoms with Crippen molar-refractivity contribution in [2.75, 3.05) is 13.2 Å². The van der Waals surface area contributed by atoms with Gasteiger partial charge in [-0.3, -0.25) is 14.9 Å². The van der Waals surface area contributed by atoms with E-state index in [9.17, 15) is 14.9 Å². The monoisotopic (exact) mass is 318 g/mol. The van der Waals surface area contributed by atoms with Crippen molar-refractivity contribution in [1.29, 1.82) is 0 Å². The fourth-order valence-corrected chi connectivity index (χ4v) is 2.09. The largest absolute Gasteiger partial charge is 0.489 e. The fraction of sp³-hybridized carbons (Fsp3) is 0.312. The molecule has 0 unspecified atom stereocenters. The van der Waals surface area contributed by atoms with Crippen LogP contribution < -0.4 is 15.0 Å². The molecular formula is C16H18N2O5. The van der Waals surface area contributed by atoms with Crippen LogP contribution >= 0.6 is 0 Å². The quantitative estimate of drug-likeness (QED) is 0.349. The summed E-state index contributed by atoms with van der Waals surface area (Å²) >= 11 is 0. The average Bonchev–Trinajstić information content (AvgIpc) is 2.53. The standard InChI is InChI=1S/C16H18N2O5/c1-3-5-9-23-14-12-7-6-11(18(20)21)10-13(12)17-16(19)15(14)22-8-4-2/h4,6-7,10H,2-3,5,8-9H2,1H3,(H,17,19). The Kier molecular flexibility index (Phi) is 5.35. The molecule has 0 aliphatic carbocycles. The summed E-state index contributed by atoms with van der Waals surface area (Å²) in [7, 11) is 0. The highest BCUT2D eigenvalue weighted by Crippen LogP contribution is 2.33. The topological polar surface area (TPSA) is 94.5 Å². The van der Waals surface area contributed by atoms with Crippen LogP contribution in [0, 0.1) is 10.1 Å². The van der Waals surface area contributed by atoms with Gasteiger partial charge in [-0.25, -0.2) is 0 Å². The average molecular weight is 318 g/mol. The number of nitro groups is 1. The van der Waals surface area contributed by atoms with E-state index >= 15 is 0 Å². The number of unbranched alkanes of at least 4 members (excludes halogenated alkanes) is 1. The van der Waals surface area contributed by atoms with Crippen molar-refractivity contribution in [2.45, 2.75) is 19.8 Å². The highest BCUT2D eigenvalue weighted by Gasteiger charge is 2.17. The van der Waals surface area contributed by atoms with Crippen molar-refractivity contribution in [1.82, 2.24) is 4.98 Å². The van der Waals surface area contributed by atoms with Crippen LogP contribution in [0.4, 0.5) is 5.69 Å². The van der Waals surface area contributed by atoms with Crippen LogP contribution in [-0.4, -0.2) is 23.1 Å². The van der Waals surface area contributed by atoms with Gasteiger partial charge in [-0.2, -0.15) is 0 Å². The number of ether oxygens (including phenoxy) is 2. The predicted octanol–water partition coefficient (Wildman–Crippen LogP) is 3.18. The maximum atomic E-state index is 12.2. The molecule has 0 radical (unpaired) electrons. The maximum Gasteiger partial charge on any atom is 0.294 e. The fourth-order valence-electron chi connectivity index (χ4n) is 2.09. The van der Waals surface area contributed by atoms with Crippen molar-refractivity contribution < 1.29 is 14.4 Å². The van der Waals surface area contributed by atoms with Crippen molar-refractivity contribution in [3.63, 3.8) is 0 Å². The van der Waals surface area contributed by atoms with Gasteiger partial charge < -0.3 is 14.5 Å². The van der Waals surface area contributed by atoms with E-state index in [1.807, 2.05) is 6.92 Å². The van der Waals surface area contributed by atoms with E-state index in [0.717, 1.165) is 12.8 Å². The minimum absolute atomic E-state index is 0.0577. The summed E-state index contributed by atoms with van der Waals surface area (Å²) in [6.45, 7) is 6.16. The normalized spacial score (nSPS) is 10.5. The Hall–Kier alpha value is -2.83. The van der Waals surface area contributed by atoms with Crippen molar-refractivity contribution in [3.05, 3.63) is 51.3 Å². The molecule has 0 aliphatic heterocycles. The number of aromatic nitrogens is 1. The van der Waals surface area contributed by atoms with Gasteiger partial charge in [-0.1, -0.05) is 26.0 Å². The molecule has 0 atom stereocenters. The van der Waals surface area contributed by atoms with E-state index in [1.165, 1.54) is 18.2 Å². The summed E-state index contributed by atoms with van der Waals surface area (Å²) < 4.78 is 11.1. The molecule has 0 spiro atoms. The number of benzene rings is 1. The second-order valence-corrected chi connectivity index (χ2v) is 4.90. The van der Waals surface area contributed by atoms with E-state index < -0.39 is 10.5 Å². The van der Waals surface area contributed by atoms with Crippen LogP contribution in [0.1, 0.15) is 19.8 Å². The minimum Gasteiger partial charge on any atom is -0.489 e. The highest BCUT2D eigenvalue weighted by molar-refractivity contribution is 5.88. The van der Waals surface area contributed by atoms with Gasteiger partial charge in [0.25, 0.3) is 11.2 Å². The van der Waals surface area contributed by atoms with Crippen molar-refractivity contribution in [2.24, 2.45) is 0 Å². The lowest BCUT2D eigenvalue weighted by atomic mass is 10.1. The second-order valence-electron chi connectivity index (χ2n) is 4.90. The number of nitrogens with zero attached hydrogens (tertiary/aromatic N) is 1. The number of H-pyrrole nitrogens is 1. The third kappa shape index (κ3) is 3.68. The Labute approximate surface area is 132 Å². The number of aromatic amines is 1. The second kappa shape index (κ2) is 7.44. The zero-order valence-corrected chi connectivity index (χ0v) is 12.8. The van der Waals surface area contributed by atoms with Gasteiger partial charge in [0, 0.05) is 17.5 Å². The lowest BCUT2D eigenvalue weighted by molar-refractivity contribution is -0.384. The molecule has 122 valence electrons. The highest BCUT2D eigenvalue weighted by atomic mass is 16.6. The van der Waals surface area contributed by atoms with Gasteiger partial charge in [-0.15, -0.1) is 0 Å². The molecule has 0 fully saturated rings. The van der Waals surface area contributed by atoms with Crippen LogP contribution in [-0.2, 0) is 0 Å². The maximum absolute atomic E-state index is 12.2. The molecule has 1 heterocycles. The molecule has 0 saturated carbocycles. The smallest absolute Gasteiger partial charge is 0.294 e. The molecule has 7 heteroatoms. The van der Waals surface area contributed by atoms with Gasteiger partial charge in [0.15, 0.2) is 5.75 Å². The Morgan fingerprint density at radius 1 is 1.35 bits per heavy atom. The molecule has 1 aromatic carbocycles. The summed E-state index contributed by atoms with van der Waals surface area (Å²) in [6, 6.07) is 4.22. The molecule has 1 aromatic heterocycles. The van der Waals surface area contributed by atoms with Crippen molar-refractivity contribution in [3.8, 4) is 11.5 Å². The Morgan fingerprint density at radius 2 is 2.13 bits per heavy atom. The number of non-ortho nitro benzene ring substituents is 1. The third-order valence-corrected chi connectivity index (χ3v) is 3.21. The number of nitro benzene ring substituents is 1. The van der Waals surface area contributed by atoms with Gasteiger partial charge in [-0.05, 0) is 12.5 Å². The lowest BCUT2D eigenvalue weighted by Gasteiger charge is -2.13. The van der Waals surface area contributed by atoms with Crippen LogP contribution in [0.3, 0.4) is 0 Å². The van der Waals surface area contributed by atoms with E-state index in [-0.39, 0.29) is 18.0 Å². The zero-order chi connectivity index (χ0) is 16.8. The van der Waals surface area contributed by atoms with Gasteiger partial charge in [0.2, 0.25) is 5.75 Å². The summed E-state index contributed by atoms with van der Waals surface area (Å²) in [6.07, 6.45) is 3.28. The third-order valence-electron chi connectivity index (χ3n) is 3.21. The summed E-state index contributed by atoms with van der Waals surface area (Å²) in [5, 5.41) is 11.4. The molecule has 2 aromatic rings. The lowest BCUT2D eigenvalue weighted by Crippen LogP contribution is -2.14. The minimum atomic E-state index is -0.516. The SMILES string of the molecule is C=CCOc1c(OCCCC)c2ccc([N+](=O)[O-])cc2[nH]c1=O. The first kappa shape index (κ1) is 16.5. The van der Waals surface area contributed by atoms with E-state index in [0.29, 0.717) is 23.3 Å². The van der Waals surface area contributed by atoms with Crippen molar-refractivity contribution >= 4 is 16.6 Å². The Balaban J connectivity index is 2.58. The molecule has 0 aliphatic rings. The molecule has 0 bridgehead atoms. The summed E-state index contributed by atoms with van der Waals surface area (Å²) in [5.41, 5.74) is -0.264. The Bertz CT molecular complexity index is 782. The molecule has 7 nitrogen and oxygen atoms in total. The number of pyridine rings is 1. The number of rotatable bonds is 8. The van der Waals surface area contributed by atoms with Crippen LogP contribution in [0.15, 0.2) is 35.6 Å². The molecule has 2 rings (SSSR count). The van der Waals surface area contributed by atoms with Crippen LogP contribution in [0.5, 0.6) is 11.5 Å². The molecule has 0 saturated heterocycles. The van der Waals surface area contributed by atoms with Gasteiger partial charge in [0.05, 0.1) is 17.0 Å². The number of nitrogens with one attached hydrogen (secondary N) is 1.